The lowest BCUT2D eigenvalue weighted by atomic mass is 10.3. The van der Waals surface area contributed by atoms with E-state index < -0.39 is 34.8 Å². The summed E-state index contributed by atoms with van der Waals surface area (Å²) < 4.78 is 61.0. The van der Waals surface area contributed by atoms with Crippen LogP contribution in [0.1, 0.15) is 18.4 Å². The summed E-state index contributed by atoms with van der Waals surface area (Å²) in [5.74, 6) is -0.603. The van der Waals surface area contributed by atoms with E-state index in [-0.39, 0.29) is 10.8 Å². The highest BCUT2D eigenvalue weighted by Crippen LogP contribution is 2.22. The van der Waals surface area contributed by atoms with Crippen LogP contribution in [0.5, 0.6) is 0 Å². The number of hydrogen-bond acceptors (Lipinski definition) is 3. The molecule has 4 nitrogen and oxygen atoms in total. The first-order valence-corrected chi connectivity index (χ1v) is 7.31. The van der Waals surface area contributed by atoms with E-state index >= 15 is 0 Å². The fourth-order valence-electron chi connectivity index (χ4n) is 1.31. The Morgan fingerprint density at radius 3 is 2.58 bits per heavy atom. The van der Waals surface area contributed by atoms with Gasteiger partial charge in [-0.1, -0.05) is 11.6 Å². The number of nitrogens with zero attached hydrogens (tertiary/aromatic N) is 1. The number of pyridine rings is 1. The van der Waals surface area contributed by atoms with Crippen LogP contribution in [-0.4, -0.2) is 25.3 Å². The number of sulfonamides is 1. The summed E-state index contributed by atoms with van der Waals surface area (Å²) in [4.78, 5) is 3.74. The van der Waals surface area contributed by atoms with E-state index in [0.717, 1.165) is 0 Å². The Bertz CT molecular complexity index is 546. The third-order valence-corrected chi connectivity index (χ3v) is 3.93. The SMILES string of the molecule is Cc1cc(NS(=O)(=O)CCCC(F)(F)F)cnc1Cl. The molecule has 0 atom stereocenters. The molecule has 1 aromatic heterocycles. The van der Waals surface area contributed by atoms with Gasteiger partial charge in [0.15, 0.2) is 0 Å². The van der Waals surface area contributed by atoms with E-state index in [1.807, 2.05) is 0 Å². The zero-order valence-electron chi connectivity index (χ0n) is 9.96. The highest BCUT2D eigenvalue weighted by molar-refractivity contribution is 7.92. The summed E-state index contributed by atoms with van der Waals surface area (Å²) in [5.41, 5.74) is 0.742. The van der Waals surface area contributed by atoms with Crippen LogP contribution in [-0.2, 0) is 10.0 Å². The van der Waals surface area contributed by atoms with E-state index in [2.05, 4.69) is 9.71 Å². The Hall–Kier alpha value is -1.02. The van der Waals surface area contributed by atoms with Gasteiger partial charge in [0, 0.05) is 6.42 Å². The number of anilines is 1. The molecule has 19 heavy (non-hydrogen) atoms. The molecule has 0 unspecified atom stereocenters. The lowest BCUT2D eigenvalue weighted by molar-refractivity contribution is -0.134. The molecular formula is C10H12ClF3N2O2S. The van der Waals surface area contributed by atoms with Gasteiger partial charge in [-0.2, -0.15) is 13.2 Å². The molecule has 1 N–H and O–H groups in total. The first-order chi connectivity index (χ1) is 8.59. The van der Waals surface area contributed by atoms with Crippen molar-refractivity contribution in [3.05, 3.63) is 23.0 Å². The number of alkyl halides is 3. The minimum Gasteiger partial charge on any atom is -0.282 e. The second-order valence-electron chi connectivity index (χ2n) is 3.97. The summed E-state index contributed by atoms with van der Waals surface area (Å²) in [6.45, 7) is 1.64. The molecule has 9 heteroatoms. The van der Waals surface area contributed by atoms with Crippen molar-refractivity contribution in [2.75, 3.05) is 10.5 Å². The summed E-state index contributed by atoms with van der Waals surface area (Å²) >= 11 is 5.67. The van der Waals surface area contributed by atoms with Crippen LogP contribution in [0.25, 0.3) is 0 Å². The molecule has 0 aliphatic carbocycles. The second-order valence-corrected chi connectivity index (χ2v) is 6.17. The minimum absolute atomic E-state index is 0.175. The molecule has 0 amide bonds. The number of aryl methyl sites for hydroxylation is 1. The van der Waals surface area contributed by atoms with E-state index in [1.165, 1.54) is 12.3 Å². The molecule has 0 aliphatic rings. The molecule has 0 spiro atoms. The van der Waals surface area contributed by atoms with Crippen LogP contribution in [0.3, 0.4) is 0 Å². The standard InChI is InChI=1S/C10H12ClF3N2O2S/c1-7-5-8(6-15-9(7)11)16-19(17,18)4-2-3-10(12,13)14/h5-6,16H,2-4H2,1H3. The third kappa shape index (κ3) is 6.11. The zero-order chi connectivity index (χ0) is 14.7. The van der Waals surface area contributed by atoms with Crippen molar-refractivity contribution in [2.24, 2.45) is 0 Å². The quantitative estimate of drug-likeness (QED) is 0.849. The molecule has 0 radical (unpaired) electrons. The monoisotopic (exact) mass is 316 g/mol. The first kappa shape index (κ1) is 16.0. The van der Waals surface area contributed by atoms with Crippen molar-refractivity contribution in [2.45, 2.75) is 25.9 Å². The Morgan fingerprint density at radius 1 is 1.42 bits per heavy atom. The van der Waals surface area contributed by atoms with Crippen LogP contribution in [0.4, 0.5) is 18.9 Å². The average molecular weight is 317 g/mol. The van der Waals surface area contributed by atoms with Crippen LogP contribution < -0.4 is 4.72 Å². The van der Waals surface area contributed by atoms with Gasteiger partial charge < -0.3 is 0 Å². The average Bonchev–Trinajstić information content (AvgIpc) is 2.20. The molecule has 108 valence electrons. The predicted molar refractivity (Wildman–Crippen MR) is 66.7 cm³/mol. The smallest absolute Gasteiger partial charge is 0.282 e. The van der Waals surface area contributed by atoms with Crippen molar-refractivity contribution in [1.29, 1.82) is 0 Å². The van der Waals surface area contributed by atoms with Gasteiger partial charge in [-0.25, -0.2) is 13.4 Å². The van der Waals surface area contributed by atoms with Crippen molar-refractivity contribution >= 4 is 27.3 Å². The highest BCUT2D eigenvalue weighted by Gasteiger charge is 2.27. The second kappa shape index (κ2) is 5.96. The van der Waals surface area contributed by atoms with E-state index in [4.69, 9.17) is 11.6 Å². The molecule has 1 rings (SSSR count). The molecule has 0 fully saturated rings. The summed E-state index contributed by atoms with van der Waals surface area (Å²) in [5, 5.41) is 0.236. The highest BCUT2D eigenvalue weighted by atomic mass is 35.5. The topological polar surface area (TPSA) is 59.1 Å². The lowest BCUT2D eigenvalue weighted by Crippen LogP contribution is -2.19. The van der Waals surface area contributed by atoms with Crippen LogP contribution in [0, 0.1) is 6.92 Å². The van der Waals surface area contributed by atoms with Gasteiger partial charge in [0.05, 0.1) is 17.6 Å². The molecule has 0 aliphatic heterocycles. The molecule has 1 heterocycles. The first-order valence-electron chi connectivity index (χ1n) is 5.28. The zero-order valence-corrected chi connectivity index (χ0v) is 11.5. The van der Waals surface area contributed by atoms with Gasteiger partial charge in [-0.3, -0.25) is 4.72 Å². The maximum atomic E-state index is 11.9. The number of hydrogen-bond donors (Lipinski definition) is 1. The minimum atomic E-state index is -4.35. The number of aromatic nitrogens is 1. The normalized spacial score (nSPS) is 12.5. The Morgan fingerprint density at radius 2 is 2.05 bits per heavy atom. The van der Waals surface area contributed by atoms with Crippen molar-refractivity contribution in [1.82, 2.24) is 4.98 Å². The van der Waals surface area contributed by atoms with E-state index in [0.29, 0.717) is 5.56 Å². The van der Waals surface area contributed by atoms with Gasteiger partial charge in [0.2, 0.25) is 10.0 Å². The largest absolute Gasteiger partial charge is 0.389 e. The lowest BCUT2D eigenvalue weighted by Gasteiger charge is -2.09. The Labute approximate surface area is 114 Å². The van der Waals surface area contributed by atoms with E-state index in [1.54, 1.807) is 6.92 Å². The van der Waals surface area contributed by atoms with Crippen molar-refractivity contribution in [3.63, 3.8) is 0 Å². The maximum absolute atomic E-state index is 11.9. The fraction of sp³-hybridized carbons (Fsp3) is 0.500. The van der Waals surface area contributed by atoms with Gasteiger partial charge in [0.1, 0.15) is 5.15 Å². The number of halogens is 4. The number of nitrogens with one attached hydrogen (secondary N) is 1. The molecule has 1 aromatic rings. The molecule has 0 saturated carbocycles. The summed E-state index contributed by atoms with van der Waals surface area (Å²) in [6.07, 6.45) is -4.77. The van der Waals surface area contributed by atoms with E-state index in [9.17, 15) is 21.6 Å². The molecule has 0 saturated heterocycles. The van der Waals surface area contributed by atoms with Crippen molar-refractivity contribution in [3.8, 4) is 0 Å². The summed E-state index contributed by atoms with van der Waals surface area (Å²) in [7, 11) is -3.82. The number of rotatable bonds is 5. The van der Waals surface area contributed by atoms with Crippen LogP contribution >= 0.6 is 11.6 Å². The maximum Gasteiger partial charge on any atom is 0.389 e. The molecule has 0 aromatic carbocycles. The van der Waals surface area contributed by atoms with Gasteiger partial charge in [-0.05, 0) is 25.0 Å². The van der Waals surface area contributed by atoms with Crippen LogP contribution in [0.15, 0.2) is 12.3 Å². The molecule has 0 bridgehead atoms. The van der Waals surface area contributed by atoms with Crippen molar-refractivity contribution < 1.29 is 21.6 Å². The third-order valence-electron chi connectivity index (χ3n) is 2.16. The fourth-order valence-corrected chi connectivity index (χ4v) is 2.51. The Kier molecular flexibility index (Phi) is 5.03. The molecular weight excluding hydrogens is 305 g/mol. The summed E-state index contributed by atoms with van der Waals surface area (Å²) in [6, 6.07) is 1.46. The predicted octanol–water partition coefficient (Wildman–Crippen LogP) is 3.13. The van der Waals surface area contributed by atoms with Gasteiger partial charge in [0.25, 0.3) is 0 Å². The Balaban J connectivity index is 2.61. The van der Waals surface area contributed by atoms with Gasteiger partial charge >= 0.3 is 6.18 Å². The van der Waals surface area contributed by atoms with Gasteiger partial charge in [-0.15, -0.1) is 0 Å². The van der Waals surface area contributed by atoms with Crippen LogP contribution in [0.2, 0.25) is 5.15 Å².